The minimum atomic E-state index is -4.87. The van der Waals surface area contributed by atoms with E-state index in [1.165, 1.54) is 12.1 Å². The Morgan fingerprint density at radius 3 is 2.34 bits per heavy atom. The smallest absolute Gasteiger partial charge is 0.423 e. The van der Waals surface area contributed by atoms with E-state index >= 15 is 0 Å². The van der Waals surface area contributed by atoms with Crippen LogP contribution in [0.15, 0.2) is 40.8 Å². The minimum absolute atomic E-state index is 0.131. The number of nitrogens with one attached hydrogen (secondary N) is 1. The van der Waals surface area contributed by atoms with E-state index in [0.717, 1.165) is 30.6 Å². The molecule has 1 atom stereocenters. The lowest BCUT2D eigenvalue weighted by atomic mass is 9.92. The van der Waals surface area contributed by atoms with Gasteiger partial charge < -0.3 is 14.5 Å². The molecule has 5 rings (SSSR count). The van der Waals surface area contributed by atoms with Crippen LogP contribution in [0.5, 0.6) is 0 Å². The maximum absolute atomic E-state index is 13.3. The van der Waals surface area contributed by atoms with Crippen molar-refractivity contribution in [3.05, 3.63) is 63.5 Å². The molecule has 16 heteroatoms. The molecular weight excluding hydrogens is 600 g/mol. The fourth-order valence-corrected chi connectivity index (χ4v) is 5.58. The quantitative estimate of drug-likeness (QED) is 0.135. The Morgan fingerprint density at radius 2 is 1.73 bits per heavy atom. The van der Waals surface area contributed by atoms with Crippen molar-refractivity contribution in [3.8, 4) is 0 Å². The number of benzene rings is 2. The van der Waals surface area contributed by atoms with Gasteiger partial charge in [-0.1, -0.05) is 0 Å². The molecule has 0 radical (unpaired) electrons. The van der Waals surface area contributed by atoms with Crippen molar-refractivity contribution in [2.75, 3.05) is 31.5 Å². The molecule has 238 valence electrons. The van der Waals surface area contributed by atoms with Crippen molar-refractivity contribution in [1.82, 2.24) is 14.8 Å². The standard InChI is InChI=1S/C28H29F6N5O5/c29-27(30,31)17-1-8-24-22(13-17)36-25(44-24)15-37-9-11-38(12-10-37)26(16-40)43-20-5-2-18(3-6-20)35-19-4-7-23(39(41)42)21(14-19)28(32,33)34/h1,4,7-8,13-14,16,18,20,26,35H,2-3,5-6,9-12,15H2. The van der Waals surface area contributed by atoms with Crippen molar-refractivity contribution in [2.45, 2.75) is 63.0 Å². The molecule has 1 aromatic heterocycles. The zero-order valence-corrected chi connectivity index (χ0v) is 23.2. The normalized spacial score (nSPS) is 21.3. The van der Waals surface area contributed by atoms with Crippen molar-refractivity contribution in [3.63, 3.8) is 0 Å². The first kappa shape index (κ1) is 31.7. The fraction of sp³-hybridized carbons (Fsp3) is 0.500. The van der Waals surface area contributed by atoms with E-state index in [0.29, 0.717) is 64.3 Å². The molecule has 44 heavy (non-hydrogen) atoms. The first-order chi connectivity index (χ1) is 20.8. The number of oxazole rings is 1. The van der Waals surface area contributed by atoms with E-state index in [1.54, 1.807) is 0 Å². The fourth-order valence-electron chi connectivity index (χ4n) is 5.58. The Morgan fingerprint density at radius 1 is 1.02 bits per heavy atom. The number of aromatic nitrogens is 1. The second-order valence-electron chi connectivity index (χ2n) is 10.9. The summed E-state index contributed by atoms with van der Waals surface area (Å²) in [5.41, 5.74) is -2.58. The predicted octanol–water partition coefficient (Wildman–Crippen LogP) is 5.86. The summed E-state index contributed by atoms with van der Waals surface area (Å²) < 4.78 is 90.6. The highest BCUT2D eigenvalue weighted by molar-refractivity contribution is 5.73. The van der Waals surface area contributed by atoms with Gasteiger partial charge in [0.25, 0.3) is 5.69 Å². The maximum atomic E-state index is 13.3. The van der Waals surface area contributed by atoms with Crippen LogP contribution >= 0.6 is 0 Å². The van der Waals surface area contributed by atoms with Gasteiger partial charge in [0, 0.05) is 44.0 Å². The summed E-state index contributed by atoms with van der Waals surface area (Å²) in [4.78, 5) is 30.0. The third kappa shape index (κ3) is 7.47. The lowest BCUT2D eigenvalue weighted by Crippen LogP contribution is -2.52. The van der Waals surface area contributed by atoms with Gasteiger partial charge in [-0.3, -0.25) is 24.7 Å². The predicted molar refractivity (Wildman–Crippen MR) is 145 cm³/mol. The van der Waals surface area contributed by atoms with Crippen LogP contribution in [-0.4, -0.2) is 70.5 Å². The van der Waals surface area contributed by atoms with Gasteiger partial charge in [-0.15, -0.1) is 0 Å². The Bertz CT molecular complexity index is 1480. The van der Waals surface area contributed by atoms with E-state index in [1.807, 2.05) is 9.80 Å². The molecule has 10 nitrogen and oxygen atoms in total. The van der Waals surface area contributed by atoms with E-state index < -0.39 is 40.3 Å². The van der Waals surface area contributed by atoms with Crippen LogP contribution in [0.25, 0.3) is 11.1 Å². The number of piperazine rings is 1. The average Bonchev–Trinajstić information content (AvgIpc) is 3.38. The molecule has 2 fully saturated rings. The van der Waals surface area contributed by atoms with Crippen molar-refractivity contribution in [2.24, 2.45) is 0 Å². The van der Waals surface area contributed by atoms with Gasteiger partial charge in [0.2, 0.25) is 5.89 Å². The van der Waals surface area contributed by atoms with Crippen LogP contribution in [0.4, 0.5) is 37.7 Å². The van der Waals surface area contributed by atoms with E-state index in [-0.39, 0.29) is 28.9 Å². The lowest BCUT2D eigenvalue weighted by Gasteiger charge is -2.39. The van der Waals surface area contributed by atoms with Gasteiger partial charge in [0.05, 0.1) is 23.1 Å². The van der Waals surface area contributed by atoms with Gasteiger partial charge in [0.15, 0.2) is 18.1 Å². The van der Waals surface area contributed by atoms with Gasteiger partial charge >= 0.3 is 12.4 Å². The molecule has 1 saturated heterocycles. The molecule has 1 aliphatic carbocycles. The number of aldehydes is 1. The minimum Gasteiger partial charge on any atom is -0.439 e. The average molecular weight is 630 g/mol. The summed E-state index contributed by atoms with van der Waals surface area (Å²) >= 11 is 0. The van der Waals surface area contributed by atoms with Crippen LogP contribution < -0.4 is 5.32 Å². The van der Waals surface area contributed by atoms with Crippen LogP contribution in [0.2, 0.25) is 0 Å². The van der Waals surface area contributed by atoms with Gasteiger partial charge in [0.1, 0.15) is 11.1 Å². The zero-order valence-electron chi connectivity index (χ0n) is 23.2. The van der Waals surface area contributed by atoms with Gasteiger partial charge in [-0.2, -0.15) is 26.3 Å². The number of anilines is 1. The summed E-state index contributed by atoms with van der Waals surface area (Å²) in [5, 5.41) is 14.0. The number of halogens is 6. The Hall–Kier alpha value is -3.76. The number of carbonyl (C=O) groups excluding carboxylic acids is 1. The third-order valence-corrected chi connectivity index (χ3v) is 7.88. The zero-order chi connectivity index (χ0) is 31.6. The number of alkyl halides is 6. The molecule has 0 spiro atoms. The monoisotopic (exact) mass is 629 g/mol. The first-order valence-corrected chi connectivity index (χ1v) is 14.0. The van der Waals surface area contributed by atoms with Crippen LogP contribution in [0.1, 0.15) is 42.7 Å². The lowest BCUT2D eigenvalue weighted by molar-refractivity contribution is -0.388. The largest absolute Gasteiger partial charge is 0.439 e. The maximum Gasteiger partial charge on any atom is 0.423 e. The molecule has 1 N–H and O–H groups in total. The highest BCUT2D eigenvalue weighted by atomic mass is 19.4. The van der Waals surface area contributed by atoms with E-state index in [9.17, 15) is 41.3 Å². The van der Waals surface area contributed by atoms with Crippen LogP contribution in [0.3, 0.4) is 0 Å². The molecule has 0 amide bonds. The van der Waals surface area contributed by atoms with Crippen molar-refractivity contribution < 1.29 is 45.2 Å². The number of carbonyl (C=O) groups is 1. The summed E-state index contributed by atoms with van der Waals surface area (Å²) in [7, 11) is 0. The number of hydrogen-bond acceptors (Lipinski definition) is 9. The molecule has 1 aliphatic heterocycles. The SMILES string of the molecule is O=CC(OC1CCC(Nc2ccc([N+](=O)[O-])c(C(F)(F)F)c2)CC1)N1CCN(Cc2nc3cc(C(F)(F)F)ccc3o2)CC1. The molecule has 2 aliphatic rings. The van der Waals surface area contributed by atoms with Gasteiger partial charge in [-0.25, -0.2) is 4.98 Å². The number of nitro benzene ring substituents is 1. The van der Waals surface area contributed by atoms with E-state index in [2.05, 4.69) is 10.3 Å². The summed E-state index contributed by atoms with van der Waals surface area (Å²) in [5.74, 6) is 0.296. The number of rotatable bonds is 9. The first-order valence-electron chi connectivity index (χ1n) is 14.0. The van der Waals surface area contributed by atoms with E-state index in [4.69, 9.17) is 9.15 Å². The molecule has 2 aromatic carbocycles. The molecule has 0 bridgehead atoms. The highest BCUT2D eigenvalue weighted by Crippen LogP contribution is 2.38. The summed E-state index contributed by atoms with van der Waals surface area (Å²) in [6.45, 7) is 2.39. The topological polar surface area (TPSA) is 114 Å². The van der Waals surface area contributed by atoms with Crippen LogP contribution in [-0.2, 0) is 28.4 Å². The Kier molecular flexibility index (Phi) is 9.13. The molecule has 1 unspecified atom stereocenters. The molecule has 2 heterocycles. The van der Waals surface area contributed by atoms with Crippen molar-refractivity contribution in [1.29, 1.82) is 0 Å². The number of fused-ring (bicyclic) bond motifs is 1. The highest BCUT2D eigenvalue weighted by Gasteiger charge is 2.39. The second-order valence-corrected chi connectivity index (χ2v) is 10.9. The Balaban J connectivity index is 1.09. The number of nitro groups is 1. The third-order valence-electron chi connectivity index (χ3n) is 7.88. The summed E-state index contributed by atoms with van der Waals surface area (Å²) in [6.07, 6.45) is -7.36. The summed E-state index contributed by atoms with van der Waals surface area (Å²) in [6, 6.07) is 5.83. The molecule has 1 saturated carbocycles. The number of hydrogen-bond donors (Lipinski definition) is 1. The number of nitrogens with zero attached hydrogens (tertiary/aromatic N) is 4. The van der Waals surface area contributed by atoms with Crippen molar-refractivity contribution >= 4 is 28.8 Å². The second kappa shape index (κ2) is 12.7. The Labute approximate surface area is 247 Å². The van der Waals surface area contributed by atoms with Gasteiger partial charge in [-0.05, 0) is 56.0 Å². The van der Waals surface area contributed by atoms with Crippen LogP contribution in [0, 0.1) is 10.1 Å². The molecule has 3 aromatic rings. The molecular formula is C28H29F6N5O5. The number of ether oxygens (including phenoxy) is 1.